The van der Waals surface area contributed by atoms with Crippen molar-refractivity contribution in [1.29, 1.82) is 0 Å². The average Bonchev–Trinajstić information content (AvgIpc) is 2.30. The van der Waals surface area contributed by atoms with Gasteiger partial charge in [-0.2, -0.15) is 0 Å². The smallest absolute Gasteiger partial charge is 0.194 e. The van der Waals surface area contributed by atoms with Crippen LogP contribution in [0.25, 0.3) is 0 Å². The molecule has 0 radical (unpaired) electrons. The van der Waals surface area contributed by atoms with E-state index in [-0.39, 0.29) is 24.0 Å². The summed E-state index contributed by atoms with van der Waals surface area (Å²) in [7, 11) is 1.63. The highest BCUT2D eigenvalue weighted by atomic mass is 127. The Bertz CT molecular complexity index is 418. The van der Waals surface area contributed by atoms with Crippen LogP contribution in [-0.2, 0) is 0 Å². The number of nitrogens with one attached hydrogen (secondary N) is 1. The quantitative estimate of drug-likeness (QED) is 0.382. The number of methoxy groups -OCH3 is 1. The fraction of sp³-hybridized carbons (Fsp3) is 0.250. The Kier molecular flexibility index (Phi) is 7.97. The molecule has 0 aromatic heterocycles. The highest BCUT2D eigenvalue weighted by Gasteiger charge is 1.95. The van der Waals surface area contributed by atoms with Crippen molar-refractivity contribution < 1.29 is 4.74 Å². The minimum absolute atomic E-state index is 0. The zero-order valence-electron chi connectivity index (χ0n) is 9.86. The van der Waals surface area contributed by atoms with E-state index in [0.717, 1.165) is 11.4 Å². The molecule has 1 aromatic rings. The first-order chi connectivity index (χ1) is 7.76. The van der Waals surface area contributed by atoms with E-state index in [1.807, 2.05) is 24.3 Å². The fourth-order valence-electron chi connectivity index (χ4n) is 1.07. The summed E-state index contributed by atoms with van der Waals surface area (Å²) < 4.78 is 5.05. The number of rotatable bonds is 3. The number of anilines is 1. The van der Waals surface area contributed by atoms with Gasteiger partial charge in [0, 0.05) is 5.69 Å². The molecular weight excluding hydrogens is 329 g/mol. The first kappa shape index (κ1) is 15.6. The SMILES string of the molecule is CC#CCN=C(N)Nc1ccc(OC)cc1.I. The van der Waals surface area contributed by atoms with Crippen LogP contribution in [0.4, 0.5) is 5.69 Å². The van der Waals surface area contributed by atoms with Crippen molar-refractivity contribution in [1.82, 2.24) is 0 Å². The number of halogens is 1. The Labute approximate surface area is 119 Å². The molecule has 1 aromatic carbocycles. The minimum Gasteiger partial charge on any atom is -0.497 e. The van der Waals surface area contributed by atoms with Gasteiger partial charge < -0.3 is 15.8 Å². The first-order valence-corrected chi connectivity index (χ1v) is 4.87. The van der Waals surface area contributed by atoms with Gasteiger partial charge in [-0.1, -0.05) is 5.92 Å². The zero-order valence-corrected chi connectivity index (χ0v) is 12.2. The van der Waals surface area contributed by atoms with Crippen LogP contribution in [0.2, 0.25) is 0 Å². The molecule has 3 N–H and O–H groups in total. The molecule has 0 aliphatic carbocycles. The van der Waals surface area contributed by atoms with Gasteiger partial charge in [0.15, 0.2) is 5.96 Å². The molecule has 0 atom stereocenters. The predicted molar refractivity (Wildman–Crippen MR) is 82.0 cm³/mol. The van der Waals surface area contributed by atoms with Crippen LogP contribution in [0.15, 0.2) is 29.3 Å². The molecule has 1 rings (SSSR count). The number of hydrogen-bond acceptors (Lipinski definition) is 2. The third-order valence-corrected chi connectivity index (χ3v) is 1.87. The van der Waals surface area contributed by atoms with E-state index in [4.69, 9.17) is 10.5 Å². The van der Waals surface area contributed by atoms with Gasteiger partial charge in [0.25, 0.3) is 0 Å². The number of hydrogen-bond donors (Lipinski definition) is 2. The molecule has 92 valence electrons. The van der Waals surface area contributed by atoms with Crippen LogP contribution in [0.5, 0.6) is 5.75 Å². The third-order valence-electron chi connectivity index (χ3n) is 1.87. The Hall–Kier alpha value is -1.42. The Balaban J connectivity index is 0.00000256. The van der Waals surface area contributed by atoms with E-state index in [0.29, 0.717) is 12.5 Å². The van der Waals surface area contributed by atoms with Crippen LogP contribution in [0.1, 0.15) is 6.92 Å². The zero-order chi connectivity index (χ0) is 11.8. The number of nitrogens with zero attached hydrogens (tertiary/aromatic N) is 1. The monoisotopic (exact) mass is 345 g/mol. The largest absolute Gasteiger partial charge is 0.497 e. The van der Waals surface area contributed by atoms with Gasteiger partial charge in [-0.25, -0.2) is 4.99 Å². The van der Waals surface area contributed by atoms with E-state index in [9.17, 15) is 0 Å². The van der Waals surface area contributed by atoms with E-state index >= 15 is 0 Å². The number of nitrogens with two attached hydrogens (primary N) is 1. The van der Waals surface area contributed by atoms with Crippen molar-refractivity contribution in [3.8, 4) is 17.6 Å². The van der Waals surface area contributed by atoms with Gasteiger partial charge in [0.2, 0.25) is 0 Å². The lowest BCUT2D eigenvalue weighted by Crippen LogP contribution is -2.22. The molecule has 4 nitrogen and oxygen atoms in total. The predicted octanol–water partition coefficient (Wildman–Crippen LogP) is 2.06. The maximum absolute atomic E-state index is 5.66. The molecule has 17 heavy (non-hydrogen) atoms. The maximum atomic E-state index is 5.66. The standard InChI is InChI=1S/C12H15N3O.HI/c1-3-4-9-14-12(13)15-10-5-7-11(16-2)8-6-10;/h5-8H,9H2,1-2H3,(H3,13,14,15);1H. The van der Waals surface area contributed by atoms with Gasteiger partial charge in [-0.15, -0.1) is 29.9 Å². The van der Waals surface area contributed by atoms with Crippen molar-refractivity contribution >= 4 is 35.6 Å². The lowest BCUT2D eigenvalue weighted by Gasteiger charge is -2.05. The van der Waals surface area contributed by atoms with Gasteiger partial charge in [0.05, 0.1) is 7.11 Å². The van der Waals surface area contributed by atoms with Crippen LogP contribution < -0.4 is 15.8 Å². The van der Waals surface area contributed by atoms with Crippen molar-refractivity contribution in [3.05, 3.63) is 24.3 Å². The third kappa shape index (κ3) is 6.02. The van der Waals surface area contributed by atoms with E-state index < -0.39 is 0 Å². The molecule has 0 spiro atoms. The second-order valence-electron chi connectivity index (χ2n) is 2.98. The van der Waals surface area contributed by atoms with Gasteiger partial charge in [-0.3, -0.25) is 0 Å². The topological polar surface area (TPSA) is 59.6 Å². The molecule has 0 aliphatic heterocycles. The van der Waals surface area contributed by atoms with Crippen molar-refractivity contribution in [2.24, 2.45) is 10.7 Å². The van der Waals surface area contributed by atoms with Crippen molar-refractivity contribution in [3.63, 3.8) is 0 Å². The summed E-state index contributed by atoms with van der Waals surface area (Å²) in [4.78, 5) is 4.03. The molecule has 0 saturated carbocycles. The molecule has 5 heteroatoms. The van der Waals surface area contributed by atoms with Crippen molar-refractivity contribution in [2.75, 3.05) is 19.0 Å². The van der Waals surface area contributed by atoms with Gasteiger partial charge in [0.1, 0.15) is 12.3 Å². The summed E-state index contributed by atoms with van der Waals surface area (Å²) in [6.07, 6.45) is 0. The van der Waals surface area contributed by atoms with Crippen molar-refractivity contribution in [2.45, 2.75) is 6.92 Å². The molecular formula is C12H16IN3O. The Morgan fingerprint density at radius 1 is 1.41 bits per heavy atom. The highest BCUT2D eigenvalue weighted by molar-refractivity contribution is 14.0. The highest BCUT2D eigenvalue weighted by Crippen LogP contribution is 2.14. The second-order valence-corrected chi connectivity index (χ2v) is 2.98. The van der Waals surface area contributed by atoms with Gasteiger partial charge >= 0.3 is 0 Å². The maximum Gasteiger partial charge on any atom is 0.194 e. The first-order valence-electron chi connectivity index (χ1n) is 4.87. The lowest BCUT2D eigenvalue weighted by atomic mass is 10.3. The summed E-state index contributed by atoms with van der Waals surface area (Å²) in [5.74, 6) is 6.71. The number of benzene rings is 1. The lowest BCUT2D eigenvalue weighted by molar-refractivity contribution is 0.415. The summed E-state index contributed by atoms with van der Waals surface area (Å²) >= 11 is 0. The van der Waals surface area contributed by atoms with E-state index in [1.54, 1.807) is 14.0 Å². The Morgan fingerprint density at radius 2 is 2.06 bits per heavy atom. The average molecular weight is 345 g/mol. The molecule has 0 saturated heterocycles. The normalized spacial score (nSPS) is 9.65. The summed E-state index contributed by atoms with van der Waals surface area (Å²) in [6, 6.07) is 7.43. The van der Waals surface area contributed by atoms with Crippen LogP contribution in [0.3, 0.4) is 0 Å². The summed E-state index contributed by atoms with van der Waals surface area (Å²) in [5, 5.41) is 2.96. The van der Waals surface area contributed by atoms with E-state index in [1.165, 1.54) is 0 Å². The number of aliphatic imine (C=N–C) groups is 1. The number of ether oxygens (including phenoxy) is 1. The minimum atomic E-state index is 0. The summed E-state index contributed by atoms with van der Waals surface area (Å²) in [5.41, 5.74) is 6.52. The Morgan fingerprint density at radius 3 is 2.59 bits per heavy atom. The molecule has 0 heterocycles. The second kappa shape index (κ2) is 8.70. The van der Waals surface area contributed by atoms with E-state index in [2.05, 4.69) is 22.2 Å². The molecule has 0 aliphatic rings. The van der Waals surface area contributed by atoms with Crippen LogP contribution in [-0.4, -0.2) is 19.6 Å². The van der Waals surface area contributed by atoms with Crippen LogP contribution >= 0.6 is 24.0 Å². The molecule has 0 fully saturated rings. The molecule has 0 bridgehead atoms. The van der Waals surface area contributed by atoms with Gasteiger partial charge in [-0.05, 0) is 31.2 Å². The summed E-state index contributed by atoms with van der Waals surface area (Å²) in [6.45, 7) is 2.17. The number of guanidine groups is 1. The molecule has 0 amide bonds. The molecule has 0 unspecified atom stereocenters. The van der Waals surface area contributed by atoms with Crippen LogP contribution in [0, 0.1) is 11.8 Å². The fourth-order valence-corrected chi connectivity index (χ4v) is 1.07.